The second-order valence-corrected chi connectivity index (χ2v) is 4.65. The van der Waals surface area contributed by atoms with Crippen molar-refractivity contribution < 1.29 is 0 Å². The van der Waals surface area contributed by atoms with Crippen molar-refractivity contribution in [3.8, 4) is 0 Å². The molecular formula is C11H16ClNS. The summed E-state index contributed by atoms with van der Waals surface area (Å²) in [7, 11) is 0. The number of unbranched alkanes of at least 4 members (excludes halogenated alkanes) is 1. The molecule has 1 nitrogen and oxygen atoms in total. The van der Waals surface area contributed by atoms with Crippen LogP contribution in [-0.4, -0.2) is 5.75 Å². The Hall–Kier alpha value is -0.180. The van der Waals surface area contributed by atoms with Crippen LogP contribution in [0, 0.1) is 0 Å². The Balaban J connectivity index is 2.72. The first-order valence-electron chi connectivity index (χ1n) is 4.89. The molecule has 1 aromatic carbocycles. The van der Waals surface area contributed by atoms with Crippen LogP contribution in [0.1, 0.15) is 25.3 Å². The van der Waals surface area contributed by atoms with Crippen LogP contribution in [0.3, 0.4) is 0 Å². The van der Waals surface area contributed by atoms with Crippen LogP contribution < -0.4 is 5.73 Å². The maximum Gasteiger partial charge on any atom is 0.0545 e. The molecule has 0 aliphatic carbocycles. The van der Waals surface area contributed by atoms with Gasteiger partial charge in [0.05, 0.1) is 5.02 Å². The lowest BCUT2D eigenvalue weighted by Gasteiger charge is -2.08. The number of halogens is 1. The molecule has 0 atom stereocenters. The molecule has 3 heteroatoms. The van der Waals surface area contributed by atoms with Crippen LogP contribution in [0.15, 0.2) is 23.1 Å². The summed E-state index contributed by atoms with van der Waals surface area (Å²) in [4.78, 5) is 1.16. The van der Waals surface area contributed by atoms with Gasteiger partial charge in [0.1, 0.15) is 0 Å². The van der Waals surface area contributed by atoms with E-state index < -0.39 is 0 Å². The van der Waals surface area contributed by atoms with Gasteiger partial charge in [-0.25, -0.2) is 0 Å². The number of thioether (sulfide) groups is 1. The van der Waals surface area contributed by atoms with Crippen LogP contribution in [0.2, 0.25) is 5.02 Å². The van der Waals surface area contributed by atoms with Gasteiger partial charge in [-0.2, -0.15) is 0 Å². The number of rotatable bonds is 5. The summed E-state index contributed by atoms with van der Waals surface area (Å²) < 4.78 is 0. The fourth-order valence-electron chi connectivity index (χ4n) is 1.19. The Morgan fingerprint density at radius 3 is 2.86 bits per heavy atom. The summed E-state index contributed by atoms with van der Waals surface area (Å²) in [5.74, 6) is 1.12. The third kappa shape index (κ3) is 3.19. The van der Waals surface area contributed by atoms with Crippen molar-refractivity contribution in [1.29, 1.82) is 0 Å². The molecule has 0 amide bonds. The maximum absolute atomic E-state index is 6.11. The van der Waals surface area contributed by atoms with Crippen molar-refractivity contribution in [2.24, 2.45) is 5.73 Å². The van der Waals surface area contributed by atoms with Crippen LogP contribution in [0.25, 0.3) is 0 Å². The van der Waals surface area contributed by atoms with E-state index in [0.717, 1.165) is 21.2 Å². The fraction of sp³-hybridized carbons (Fsp3) is 0.455. The molecule has 0 spiro atoms. The molecule has 1 aromatic rings. The van der Waals surface area contributed by atoms with E-state index in [1.807, 2.05) is 30.0 Å². The van der Waals surface area contributed by atoms with E-state index in [0.29, 0.717) is 6.54 Å². The van der Waals surface area contributed by atoms with Gasteiger partial charge in [-0.3, -0.25) is 0 Å². The number of benzene rings is 1. The highest BCUT2D eigenvalue weighted by atomic mass is 35.5. The lowest BCUT2D eigenvalue weighted by Crippen LogP contribution is -1.98. The van der Waals surface area contributed by atoms with Gasteiger partial charge in [0, 0.05) is 11.4 Å². The highest BCUT2D eigenvalue weighted by Crippen LogP contribution is 2.31. The van der Waals surface area contributed by atoms with Gasteiger partial charge in [-0.15, -0.1) is 11.8 Å². The fourth-order valence-corrected chi connectivity index (χ4v) is 2.73. The quantitative estimate of drug-likeness (QED) is 0.616. The van der Waals surface area contributed by atoms with E-state index >= 15 is 0 Å². The molecule has 0 bridgehead atoms. The molecule has 1 rings (SSSR count). The van der Waals surface area contributed by atoms with E-state index in [4.69, 9.17) is 17.3 Å². The van der Waals surface area contributed by atoms with Gasteiger partial charge in [0.25, 0.3) is 0 Å². The Kier molecular flexibility index (Phi) is 5.38. The molecule has 0 heterocycles. The monoisotopic (exact) mass is 229 g/mol. The Labute approximate surface area is 95.0 Å². The second kappa shape index (κ2) is 6.33. The minimum atomic E-state index is 0.565. The predicted octanol–water partition coefficient (Wildman–Crippen LogP) is 3.69. The number of hydrogen-bond donors (Lipinski definition) is 1. The SMILES string of the molecule is CCCCSc1c(Cl)cccc1CN. The zero-order chi connectivity index (χ0) is 10.4. The first kappa shape index (κ1) is 11.9. The Morgan fingerprint density at radius 1 is 1.43 bits per heavy atom. The summed E-state index contributed by atoms with van der Waals surface area (Å²) in [5, 5.41) is 0.828. The van der Waals surface area contributed by atoms with Crippen LogP contribution in [0.4, 0.5) is 0 Å². The molecule has 0 aliphatic heterocycles. The summed E-state index contributed by atoms with van der Waals surface area (Å²) in [5.41, 5.74) is 6.80. The van der Waals surface area contributed by atoms with Crippen molar-refractivity contribution in [1.82, 2.24) is 0 Å². The van der Waals surface area contributed by atoms with Gasteiger partial charge < -0.3 is 5.73 Å². The van der Waals surface area contributed by atoms with Gasteiger partial charge in [-0.05, 0) is 23.8 Å². The van der Waals surface area contributed by atoms with Crippen molar-refractivity contribution >= 4 is 23.4 Å². The normalized spacial score (nSPS) is 10.5. The minimum absolute atomic E-state index is 0.565. The van der Waals surface area contributed by atoms with Crippen LogP contribution in [-0.2, 0) is 6.54 Å². The molecular weight excluding hydrogens is 214 g/mol. The van der Waals surface area contributed by atoms with Gasteiger partial charge >= 0.3 is 0 Å². The molecule has 0 fully saturated rings. The van der Waals surface area contributed by atoms with E-state index in [2.05, 4.69) is 6.92 Å². The van der Waals surface area contributed by atoms with Crippen molar-refractivity contribution in [2.45, 2.75) is 31.2 Å². The summed E-state index contributed by atoms with van der Waals surface area (Å²) in [6, 6.07) is 5.92. The molecule has 0 aliphatic rings. The highest BCUT2D eigenvalue weighted by Gasteiger charge is 2.05. The average Bonchev–Trinajstić information content (AvgIpc) is 2.20. The third-order valence-corrected chi connectivity index (χ3v) is 3.70. The zero-order valence-corrected chi connectivity index (χ0v) is 10.00. The zero-order valence-electron chi connectivity index (χ0n) is 8.42. The first-order valence-corrected chi connectivity index (χ1v) is 6.26. The van der Waals surface area contributed by atoms with Crippen molar-refractivity contribution in [3.63, 3.8) is 0 Å². The Bertz CT molecular complexity index is 289. The summed E-state index contributed by atoms with van der Waals surface area (Å²) in [6.45, 7) is 2.76. The van der Waals surface area contributed by atoms with Crippen LogP contribution >= 0.6 is 23.4 Å². The van der Waals surface area contributed by atoms with Gasteiger partial charge in [0.15, 0.2) is 0 Å². The number of nitrogens with two attached hydrogens (primary N) is 1. The molecule has 2 N–H and O–H groups in total. The van der Waals surface area contributed by atoms with Crippen molar-refractivity contribution in [2.75, 3.05) is 5.75 Å². The topological polar surface area (TPSA) is 26.0 Å². The lowest BCUT2D eigenvalue weighted by atomic mass is 10.2. The third-order valence-electron chi connectivity index (χ3n) is 2.01. The minimum Gasteiger partial charge on any atom is -0.326 e. The smallest absolute Gasteiger partial charge is 0.0545 e. The lowest BCUT2D eigenvalue weighted by molar-refractivity contribution is 0.895. The first-order chi connectivity index (χ1) is 6.79. The standard InChI is InChI=1S/C11H16ClNS/c1-2-3-7-14-11-9(8-13)5-4-6-10(11)12/h4-6H,2-3,7-8,13H2,1H3. The van der Waals surface area contributed by atoms with Gasteiger partial charge in [-0.1, -0.05) is 37.1 Å². The summed E-state index contributed by atoms with van der Waals surface area (Å²) >= 11 is 7.92. The number of hydrogen-bond acceptors (Lipinski definition) is 2. The van der Waals surface area contributed by atoms with E-state index in [-0.39, 0.29) is 0 Å². The molecule has 0 radical (unpaired) electrons. The second-order valence-electron chi connectivity index (χ2n) is 3.13. The largest absolute Gasteiger partial charge is 0.326 e. The molecule has 0 saturated heterocycles. The predicted molar refractivity (Wildman–Crippen MR) is 65.0 cm³/mol. The van der Waals surface area contributed by atoms with E-state index in [1.165, 1.54) is 12.8 Å². The average molecular weight is 230 g/mol. The highest BCUT2D eigenvalue weighted by molar-refractivity contribution is 7.99. The molecule has 0 aromatic heterocycles. The molecule has 14 heavy (non-hydrogen) atoms. The molecule has 0 saturated carbocycles. The van der Waals surface area contributed by atoms with Gasteiger partial charge in [0.2, 0.25) is 0 Å². The summed E-state index contributed by atoms with van der Waals surface area (Å²) in [6.07, 6.45) is 2.44. The maximum atomic E-state index is 6.11. The van der Waals surface area contributed by atoms with E-state index in [9.17, 15) is 0 Å². The van der Waals surface area contributed by atoms with Crippen LogP contribution in [0.5, 0.6) is 0 Å². The molecule has 0 unspecified atom stereocenters. The van der Waals surface area contributed by atoms with E-state index in [1.54, 1.807) is 0 Å². The van der Waals surface area contributed by atoms with Crippen molar-refractivity contribution in [3.05, 3.63) is 28.8 Å². The molecule has 78 valence electrons. The Morgan fingerprint density at radius 2 is 2.21 bits per heavy atom.